The Bertz CT molecular complexity index is 1030. The summed E-state index contributed by atoms with van der Waals surface area (Å²) < 4.78 is 23.0. The second kappa shape index (κ2) is 6.60. The van der Waals surface area contributed by atoms with E-state index < -0.39 is 9.84 Å². The molecular weight excluding hydrogens is 338 g/mol. The van der Waals surface area contributed by atoms with E-state index in [1.54, 1.807) is 54.9 Å². The highest BCUT2D eigenvalue weighted by atomic mass is 32.2. The summed E-state index contributed by atoms with van der Waals surface area (Å²) in [5.74, 6) is -0.229. The van der Waals surface area contributed by atoms with Crippen molar-refractivity contribution in [1.82, 2.24) is 15.3 Å². The van der Waals surface area contributed by atoms with Crippen LogP contribution in [0.5, 0.6) is 0 Å². The van der Waals surface area contributed by atoms with Crippen LogP contribution in [0.25, 0.3) is 11.0 Å². The van der Waals surface area contributed by atoms with Crippen LogP contribution in [0.15, 0.2) is 59.8 Å². The number of nitrogens with one attached hydrogen (secondary N) is 1. The van der Waals surface area contributed by atoms with E-state index in [1.165, 1.54) is 0 Å². The molecule has 0 bridgehead atoms. The SMILES string of the molecule is CC(NC(=O)c1ccc2nccnc2c1)c1ccc(S(C)(=O)=O)cc1. The van der Waals surface area contributed by atoms with E-state index in [0.717, 1.165) is 17.3 Å². The first kappa shape index (κ1) is 17.0. The number of benzene rings is 2. The quantitative estimate of drug-likeness (QED) is 0.777. The van der Waals surface area contributed by atoms with Gasteiger partial charge in [-0.3, -0.25) is 14.8 Å². The summed E-state index contributed by atoms with van der Waals surface area (Å²) in [7, 11) is -3.23. The molecule has 7 heteroatoms. The summed E-state index contributed by atoms with van der Waals surface area (Å²) >= 11 is 0. The van der Waals surface area contributed by atoms with Gasteiger partial charge in [0.1, 0.15) is 0 Å². The van der Waals surface area contributed by atoms with Crippen LogP contribution in [-0.4, -0.2) is 30.5 Å². The Kier molecular flexibility index (Phi) is 4.50. The number of aromatic nitrogens is 2. The first-order valence-corrected chi connectivity index (χ1v) is 9.55. The van der Waals surface area contributed by atoms with Crippen molar-refractivity contribution in [3.63, 3.8) is 0 Å². The summed E-state index contributed by atoms with van der Waals surface area (Å²) in [6, 6.07) is 11.4. The molecule has 3 rings (SSSR count). The van der Waals surface area contributed by atoms with E-state index >= 15 is 0 Å². The average Bonchev–Trinajstić information content (AvgIpc) is 2.60. The zero-order chi connectivity index (χ0) is 18.0. The summed E-state index contributed by atoms with van der Waals surface area (Å²) in [5.41, 5.74) is 2.69. The topological polar surface area (TPSA) is 89.0 Å². The number of hydrogen-bond donors (Lipinski definition) is 1. The summed E-state index contributed by atoms with van der Waals surface area (Å²) in [4.78, 5) is 21.1. The van der Waals surface area contributed by atoms with Gasteiger partial charge in [-0.05, 0) is 42.8 Å². The second-order valence-corrected chi connectivity index (χ2v) is 7.81. The molecule has 0 fully saturated rings. The van der Waals surface area contributed by atoms with Crippen LogP contribution in [0, 0.1) is 0 Å². The Balaban J connectivity index is 1.77. The van der Waals surface area contributed by atoms with Gasteiger partial charge in [-0.2, -0.15) is 0 Å². The van der Waals surface area contributed by atoms with Crippen LogP contribution in [0.1, 0.15) is 28.9 Å². The molecule has 1 heterocycles. The molecule has 1 aromatic heterocycles. The molecule has 0 saturated heterocycles. The van der Waals surface area contributed by atoms with Crippen LogP contribution in [-0.2, 0) is 9.84 Å². The third-order valence-electron chi connectivity index (χ3n) is 3.89. The van der Waals surface area contributed by atoms with E-state index in [4.69, 9.17) is 0 Å². The normalized spacial score (nSPS) is 12.7. The van der Waals surface area contributed by atoms with E-state index in [1.807, 2.05) is 6.92 Å². The smallest absolute Gasteiger partial charge is 0.251 e. The molecule has 0 aliphatic carbocycles. The second-order valence-electron chi connectivity index (χ2n) is 5.80. The Morgan fingerprint density at radius 2 is 1.64 bits per heavy atom. The van der Waals surface area contributed by atoms with Gasteiger partial charge in [-0.15, -0.1) is 0 Å². The fraction of sp³-hybridized carbons (Fsp3) is 0.167. The Labute approximate surface area is 145 Å². The number of fused-ring (bicyclic) bond motifs is 1. The highest BCUT2D eigenvalue weighted by Gasteiger charge is 2.13. The highest BCUT2D eigenvalue weighted by molar-refractivity contribution is 7.90. The molecule has 6 nitrogen and oxygen atoms in total. The van der Waals surface area contributed by atoms with Crippen LogP contribution >= 0.6 is 0 Å². The molecule has 0 saturated carbocycles. The predicted molar refractivity (Wildman–Crippen MR) is 95.0 cm³/mol. The minimum Gasteiger partial charge on any atom is -0.346 e. The monoisotopic (exact) mass is 355 g/mol. The minimum absolute atomic E-state index is 0.229. The molecule has 1 N–H and O–H groups in total. The van der Waals surface area contributed by atoms with Gasteiger partial charge in [0, 0.05) is 24.2 Å². The zero-order valence-electron chi connectivity index (χ0n) is 13.8. The van der Waals surface area contributed by atoms with Gasteiger partial charge in [0.05, 0.1) is 22.0 Å². The fourth-order valence-electron chi connectivity index (χ4n) is 2.47. The molecule has 0 radical (unpaired) electrons. The molecule has 2 aromatic carbocycles. The fourth-order valence-corrected chi connectivity index (χ4v) is 3.10. The van der Waals surface area contributed by atoms with Crippen molar-refractivity contribution in [2.24, 2.45) is 0 Å². The maximum Gasteiger partial charge on any atom is 0.251 e. The van der Waals surface area contributed by atoms with Crippen molar-refractivity contribution < 1.29 is 13.2 Å². The van der Waals surface area contributed by atoms with Gasteiger partial charge in [-0.25, -0.2) is 8.42 Å². The summed E-state index contributed by atoms with van der Waals surface area (Å²) in [5, 5.41) is 2.90. The van der Waals surface area contributed by atoms with Crippen molar-refractivity contribution in [2.45, 2.75) is 17.9 Å². The number of nitrogens with zero attached hydrogens (tertiary/aromatic N) is 2. The van der Waals surface area contributed by atoms with E-state index in [2.05, 4.69) is 15.3 Å². The van der Waals surface area contributed by atoms with E-state index in [-0.39, 0.29) is 16.8 Å². The maximum absolute atomic E-state index is 12.4. The van der Waals surface area contributed by atoms with Crippen LogP contribution in [0.4, 0.5) is 0 Å². The van der Waals surface area contributed by atoms with E-state index in [9.17, 15) is 13.2 Å². The molecule has 0 aliphatic heterocycles. The Hall–Kier alpha value is -2.80. The largest absolute Gasteiger partial charge is 0.346 e. The molecule has 128 valence electrons. The first-order chi connectivity index (χ1) is 11.8. The third kappa shape index (κ3) is 3.83. The van der Waals surface area contributed by atoms with E-state index in [0.29, 0.717) is 11.1 Å². The number of carbonyl (C=O) groups is 1. The van der Waals surface area contributed by atoms with Gasteiger partial charge in [-0.1, -0.05) is 12.1 Å². The summed E-state index contributed by atoms with van der Waals surface area (Å²) in [6.45, 7) is 1.84. The molecule has 0 aliphatic rings. The van der Waals surface area contributed by atoms with Crippen molar-refractivity contribution in [3.8, 4) is 0 Å². The average molecular weight is 355 g/mol. The van der Waals surface area contributed by atoms with Crippen LogP contribution in [0.3, 0.4) is 0 Å². The van der Waals surface area contributed by atoms with Gasteiger partial charge in [0.15, 0.2) is 9.84 Å². The Morgan fingerprint density at radius 3 is 2.28 bits per heavy atom. The summed E-state index contributed by atoms with van der Waals surface area (Å²) in [6.07, 6.45) is 4.34. The molecule has 3 aromatic rings. The molecule has 25 heavy (non-hydrogen) atoms. The lowest BCUT2D eigenvalue weighted by molar-refractivity contribution is 0.0940. The lowest BCUT2D eigenvalue weighted by atomic mass is 10.1. The van der Waals surface area contributed by atoms with Gasteiger partial charge in [0.2, 0.25) is 0 Å². The van der Waals surface area contributed by atoms with Gasteiger partial charge < -0.3 is 5.32 Å². The van der Waals surface area contributed by atoms with Gasteiger partial charge >= 0.3 is 0 Å². The Morgan fingerprint density at radius 1 is 1.00 bits per heavy atom. The van der Waals surface area contributed by atoms with Crippen LogP contribution < -0.4 is 5.32 Å². The number of rotatable bonds is 4. The zero-order valence-corrected chi connectivity index (χ0v) is 14.6. The van der Waals surface area contributed by atoms with Crippen molar-refractivity contribution in [2.75, 3.05) is 6.26 Å². The highest BCUT2D eigenvalue weighted by Crippen LogP contribution is 2.17. The minimum atomic E-state index is -3.23. The number of amides is 1. The maximum atomic E-state index is 12.4. The first-order valence-electron chi connectivity index (χ1n) is 7.66. The number of carbonyl (C=O) groups excluding carboxylic acids is 1. The standard InChI is InChI=1S/C18H17N3O3S/c1-12(13-3-6-15(7-4-13)25(2,23)24)21-18(22)14-5-8-16-17(11-14)20-10-9-19-16/h3-12H,1-2H3,(H,21,22). The number of hydrogen-bond acceptors (Lipinski definition) is 5. The predicted octanol–water partition coefficient (Wildman–Crippen LogP) is 2.52. The molecule has 0 spiro atoms. The van der Waals surface area contributed by atoms with Crippen LogP contribution in [0.2, 0.25) is 0 Å². The lowest BCUT2D eigenvalue weighted by Gasteiger charge is -2.15. The van der Waals surface area contributed by atoms with Gasteiger partial charge in [0.25, 0.3) is 5.91 Å². The molecular formula is C18H17N3O3S. The van der Waals surface area contributed by atoms with Crippen molar-refractivity contribution in [3.05, 3.63) is 66.0 Å². The molecule has 1 amide bonds. The van der Waals surface area contributed by atoms with Crippen molar-refractivity contribution >= 4 is 26.8 Å². The number of sulfone groups is 1. The van der Waals surface area contributed by atoms with Crippen molar-refractivity contribution in [1.29, 1.82) is 0 Å². The molecule has 1 unspecified atom stereocenters. The third-order valence-corrected chi connectivity index (χ3v) is 5.02. The lowest BCUT2D eigenvalue weighted by Crippen LogP contribution is -2.26. The molecule has 1 atom stereocenters.